The highest BCUT2D eigenvalue weighted by molar-refractivity contribution is 5.55. The standard InChI is InChI=1S/C16H29N3/c1-7-19(13(2)12-18(5)6)16-11-9-8-10-15(16)14(3)17-4/h8-11,13-14,17H,7,12H2,1-6H3. The summed E-state index contributed by atoms with van der Waals surface area (Å²) in [5.74, 6) is 0. The Hall–Kier alpha value is -1.06. The molecule has 0 fully saturated rings. The van der Waals surface area contributed by atoms with Gasteiger partial charge in [-0.15, -0.1) is 0 Å². The van der Waals surface area contributed by atoms with Gasteiger partial charge in [0, 0.05) is 30.9 Å². The number of nitrogens with one attached hydrogen (secondary N) is 1. The van der Waals surface area contributed by atoms with Crippen LogP contribution in [0.4, 0.5) is 5.69 Å². The van der Waals surface area contributed by atoms with E-state index in [4.69, 9.17) is 0 Å². The third kappa shape index (κ3) is 4.22. The van der Waals surface area contributed by atoms with Gasteiger partial charge in [0.05, 0.1) is 0 Å². The van der Waals surface area contributed by atoms with E-state index in [1.807, 2.05) is 7.05 Å². The van der Waals surface area contributed by atoms with E-state index in [1.54, 1.807) is 0 Å². The fourth-order valence-electron chi connectivity index (χ4n) is 2.62. The number of benzene rings is 1. The lowest BCUT2D eigenvalue weighted by atomic mass is 10.0. The number of hydrogen-bond acceptors (Lipinski definition) is 3. The lowest BCUT2D eigenvalue weighted by Gasteiger charge is -2.34. The van der Waals surface area contributed by atoms with Gasteiger partial charge < -0.3 is 15.1 Å². The molecular formula is C16H29N3. The normalized spacial score (nSPS) is 14.5. The summed E-state index contributed by atoms with van der Waals surface area (Å²) in [5, 5.41) is 3.34. The topological polar surface area (TPSA) is 18.5 Å². The largest absolute Gasteiger partial charge is 0.368 e. The van der Waals surface area contributed by atoms with Crippen LogP contribution >= 0.6 is 0 Å². The average molecular weight is 263 g/mol. The van der Waals surface area contributed by atoms with Crippen molar-refractivity contribution in [2.45, 2.75) is 32.9 Å². The fourth-order valence-corrected chi connectivity index (χ4v) is 2.62. The molecule has 3 heteroatoms. The smallest absolute Gasteiger partial charge is 0.0417 e. The molecule has 0 saturated carbocycles. The summed E-state index contributed by atoms with van der Waals surface area (Å²) >= 11 is 0. The molecule has 0 aliphatic carbocycles. The van der Waals surface area contributed by atoms with E-state index in [0.29, 0.717) is 12.1 Å². The maximum atomic E-state index is 3.34. The molecule has 1 rings (SSSR count). The van der Waals surface area contributed by atoms with Crippen molar-refractivity contribution in [3.63, 3.8) is 0 Å². The van der Waals surface area contributed by atoms with Gasteiger partial charge in [0.25, 0.3) is 0 Å². The summed E-state index contributed by atoms with van der Waals surface area (Å²) in [4.78, 5) is 4.74. The first-order valence-corrected chi connectivity index (χ1v) is 7.18. The quantitative estimate of drug-likeness (QED) is 0.816. The number of likely N-dealkylation sites (N-methyl/N-ethyl adjacent to an activating group) is 2. The second-order valence-electron chi connectivity index (χ2n) is 5.47. The molecule has 3 nitrogen and oxygen atoms in total. The summed E-state index contributed by atoms with van der Waals surface area (Å²) in [6, 6.07) is 9.59. The highest BCUT2D eigenvalue weighted by Gasteiger charge is 2.18. The number of nitrogens with zero attached hydrogens (tertiary/aromatic N) is 2. The minimum Gasteiger partial charge on any atom is -0.368 e. The molecular weight excluding hydrogens is 234 g/mol. The molecule has 0 radical (unpaired) electrons. The van der Waals surface area contributed by atoms with Gasteiger partial charge >= 0.3 is 0 Å². The first-order chi connectivity index (χ1) is 9.01. The van der Waals surface area contributed by atoms with Gasteiger partial charge in [-0.25, -0.2) is 0 Å². The van der Waals surface area contributed by atoms with E-state index in [1.165, 1.54) is 11.3 Å². The van der Waals surface area contributed by atoms with Gasteiger partial charge in [0.15, 0.2) is 0 Å². The Morgan fingerprint density at radius 3 is 2.32 bits per heavy atom. The molecule has 0 heterocycles. The summed E-state index contributed by atoms with van der Waals surface area (Å²) in [5.41, 5.74) is 2.72. The predicted octanol–water partition coefficient (Wildman–Crippen LogP) is 2.74. The SMILES string of the molecule is CCN(c1ccccc1C(C)NC)C(C)CN(C)C. The van der Waals surface area contributed by atoms with Crippen molar-refractivity contribution in [2.75, 3.05) is 39.1 Å². The average Bonchev–Trinajstić information content (AvgIpc) is 2.38. The molecule has 2 atom stereocenters. The third-order valence-electron chi connectivity index (χ3n) is 3.65. The van der Waals surface area contributed by atoms with Crippen LogP contribution < -0.4 is 10.2 Å². The zero-order chi connectivity index (χ0) is 14.4. The molecule has 1 aromatic rings. The number of rotatable bonds is 7. The zero-order valence-electron chi connectivity index (χ0n) is 13.3. The van der Waals surface area contributed by atoms with E-state index in [-0.39, 0.29) is 0 Å². The van der Waals surface area contributed by atoms with Crippen LogP contribution in [0.5, 0.6) is 0 Å². The van der Waals surface area contributed by atoms with E-state index in [0.717, 1.165) is 13.1 Å². The van der Waals surface area contributed by atoms with Crippen molar-refractivity contribution >= 4 is 5.69 Å². The van der Waals surface area contributed by atoms with Crippen molar-refractivity contribution in [2.24, 2.45) is 0 Å². The van der Waals surface area contributed by atoms with Crippen LogP contribution in [0.25, 0.3) is 0 Å². The summed E-state index contributed by atoms with van der Waals surface area (Å²) in [7, 11) is 6.28. The molecule has 0 aromatic heterocycles. The Kier molecular flexibility index (Phi) is 6.32. The van der Waals surface area contributed by atoms with Crippen LogP contribution in [0.3, 0.4) is 0 Å². The maximum absolute atomic E-state index is 3.34. The summed E-state index contributed by atoms with van der Waals surface area (Å²) in [6.07, 6.45) is 0. The summed E-state index contributed by atoms with van der Waals surface area (Å²) in [6.45, 7) is 8.83. The van der Waals surface area contributed by atoms with Crippen LogP contribution in [-0.2, 0) is 0 Å². The third-order valence-corrected chi connectivity index (χ3v) is 3.65. The van der Waals surface area contributed by atoms with Gasteiger partial charge in [-0.05, 0) is 53.5 Å². The maximum Gasteiger partial charge on any atom is 0.0417 e. The molecule has 0 amide bonds. The molecule has 1 aromatic carbocycles. The minimum atomic E-state index is 0.372. The van der Waals surface area contributed by atoms with Gasteiger partial charge in [-0.3, -0.25) is 0 Å². The Balaban J connectivity index is 3.04. The second kappa shape index (κ2) is 7.51. The highest BCUT2D eigenvalue weighted by Crippen LogP contribution is 2.27. The van der Waals surface area contributed by atoms with Gasteiger partial charge in [-0.1, -0.05) is 18.2 Å². The Bertz CT molecular complexity index is 376. The van der Waals surface area contributed by atoms with Crippen LogP contribution in [0.2, 0.25) is 0 Å². The van der Waals surface area contributed by atoms with Crippen LogP contribution in [0, 0.1) is 0 Å². The lowest BCUT2D eigenvalue weighted by molar-refractivity contribution is 0.372. The summed E-state index contributed by atoms with van der Waals surface area (Å²) < 4.78 is 0. The molecule has 19 heavy (non-hydrogen) atoms. The van der Waals surface area contributed by atoms with Crippen LogP contribution in [-0.4, -0.2) is 45.2 Å². The molecule has 0 aliphatic rings. The van der Waals surface area contributed by atoms with Crippen molar-refractivity contribution in [1.29, 1.82) is 0 Å². The van der Waals surface area contributed by atoms with Crippen LogP contribution in [0.1, 0.15) is 32.4 Å². The van der Waals surface area contributed by atoms with Crippen molar-refractivity contribution < 1.29 is 0 Å². The Labute approximate surface area is 118 Å². The van der Waals surface area contributed by atoms with E-state index >= 15 is 0 Å². The fraction of sp³-hybridized carbons (Fsp3) is 0.625. The molecule has 1 N–H and O–H groups in total. The molecule has 0 spiro atoms. The van der Waals surface area contributed by atoms with E-state index in [2.05, 4.69) is 74.2 Å². The predicted molar refractivity (Wildman–Crippen MR) is 85.0 cm³/mol. The Morgan fingerprint density at radius 2 is 1.79 bits per heavy atom. The zero-order valence-corrected chi connectivity index (χ0v) is 13.3. The second-order valence-corrected chi connectivity index (χ2v) is 5.47. The first kappa shape index (κ1) is 16.0. The lowest BCUT2D eigenvalue weighted by Crippen LogP contribution is -2.40. The van der Waals surface area contributed by atoms with Crippen molar-refractivity contribution in [3.05, 3.63) is 29.8 Å². The minimum absolute atomic E-state index is 0.372. The highest BCUT2D eigenvalue weighted by atomic mass is 15.2. The van der Waals surface area contributed by atoms with Crippen molar-refractivity contribution in [3.8, 4) is 0 Å². The molecule has 0 bridgehead atoms. The van der Waals surface area contributed by atoms with E-state index in [9.17, 15) is 0 Å². The molecule has 0 aliphatic heterocycles. The van der Waals surface area contributed by atoms with Crippen LogP contribution in [0.15, 0.2) is 24.3 Å². The van der Waals surface area contributed by atoms with E-state index < -0.39 is 0 Å². The molecule has 2 unspecified atom stereocenters. The number of para-hydroxylation sites is 1. The number of hydrogen-bond donors (Lipinski definition) is 1. The molecule has 108 valence electrons. The van der Waals surface area contributed by atoms with Gasteiger partial charge in [0.2, 0.25) is 0 Å². The van der Waals surface area contributed by atoms with Crippen molar-refractivity contribution in [1.82, 2.24) is 10.2 Å². The first-order valence-electron chi connectivity index (χ1n) is 7.18. The van der Waals surface area contributed by atoms with Gasteiger partial charge in [0.1, 0.15) is 0 Å². The number of anilines is 1. The molecule has 0 saturated heterocycles. The Morgan fingerprint density at radius 1 is 1.16 bits per heavy atom. The monoisotopic (exact) mass is 263 g/mol. The van der Waals surface area contributed by atoms with Gasteiger partial charge in [-0.2, -0.15) is 0 Å².